The van der Waals surface area contributed by atoms with Crippen LogP contribution >= 0.6 is 11.3 Å². The molecule has 5 rings (SSSR count). The van der Waals surface area contributed by atoms with Crippen LogP contribution < -0.4 is 0 Å². The van der Waals surface area contributed by atoms with Gasteiger partial charge in [0.25, 0.3) is 0 Å². The number of pyridine rings is 1. The third-order valence-corrected chi connectivity index (χ3v) is 6.99. The van der Waals surface area contributed by atoms with Crippen molar-refractivity contribution in [2.75, 3.05) is 19.6 Å². The van der Waals surface area contributed by atoms with E-state index in [0.29, 0.717) is 6.42 Å². The summed E-state index contributed by atoms with van der Waals surface area (Å²) in [5.74, 6) is 0.249. The first-order chi connectivity index (χ1) is 14.8. The van der Waals surface area contributed by atoms with Gasteiger partial charge in [0.1, 0.15) is 0 Å². The number of Topliss-reactive ketones (excluding diaryl/α,β-unsaturated/α-hetero) is 1. The van der Waals surface area contributed by atoms with E-state index in [-0.39, 0.29) is 5.78 Å². The number of hydrogen-bond acceptors (Lipinski definition) is 5. The van der Waals surface area contributed by atoms with E-state index in [9.17, 15) is 4.79 Å². The Hall–Kier alpha value is -2.57. The Morgan fingerprint density at radius 3 is 2.70 bits per heavy atom. The summed E-state index contributed by atoms with van der Waals surface area (Å²) in [5.41, 5.74) is 3.92. The third kappa shape index (κ3) is 4.02. The zero-order valence-electron chi connectivity index (χ0n) is 17.1. The lowest BCUT2D eigenvalue weighted by atomic mass is 10.0. The SMILES string of the molecule is O=C(CCCCN1CCCCC1)c1ccc2c(c1)sc1nc(-c3ccncc3)cn12. The first-order valence-electron chi connectivity index (χ1n) is 10.9. The smallest absolute Gasteiger partial charge is 0.195 e. The van der Waals surface area contributed by atoms with E-state index in [1.807, 2.05) is 24.3 Å². The fourth-order valence-electron chi connectivity index (χ4n) is 4.28. The number of carbonyl (C=O) groups excluding carboxylic acids is 1. The van der Waals surface area contributed by atoms with E-state index in [2.05, 4.69) is 26.5 Å². The summed E-state index contributed by atoms with van der Waals surface area (Å²) in [7, 11) is 0. The number of aromatic nitrogens is 3. The first-order valence-corrected chi connectivity index (χ1v) is 11.7. The quantitative estimate of drug-likeness (QED) is 0.296. The van der Waals surface area contributed by atoms with Crippen molar-refractivity contribution < 1.29 is 4.79 Å². The normalized spacial score (nSPS) is 15.2. The number of likely N-dealkylation sites (tertiary alicyclic amines) is 1. The number of ketones is 1. The van der Waals surface area contributed by atoms with Gasteiger partial charge < -0.3 is 4.90 Å². The zero-order chi connectivity index (χ0) is 20.3. The number of rotatable bonds is 7. The van der Waals surface area contributed by atoms with Crippen LogP contribution in [0.4, 0.5) is 0 Å². The van der Waals surface area contributed by atoms with Crippen molar-refractivity contribution in [2.24, 2.45) is 0 Å². The van der Waals surface area contributed by atoms with Gasteiger partial charge in [0.05, 0.1) is 15.9 Å². The maximum atomic E-state index is 12.7. The van der Waals surface area contributed by atoms with Gasteiger partial charge in [-0.25, -0.2) is 4.98 Å². The predicted molar refractivity (Wildman–Crippen MR) is 122 cm³/mol. The van der Waals surface area contributed by atoms with Crippen LogP contribution in [0.5, 0.6) is 0 Å². The number of hydrogen-bond donors (Lipinski definition) is 0. The highest BCUT2D eigenvalue weighted by atomic mass is 32.1. The van der Waals surface area contributed by atoms with Crippen molar-refractivity contribution in [3.63, 3.8) is 0 Å². The second kappa shape index (κ2) is 8.66. The molecule has 30 heavy (non-hydrogen) atoms. The second-order valence-corrected chi connectivity index (χ2v) is 9.09. The van der Waals surface area contributed by atoms with Gasteiger partial charge in [0, 0.05) is 36.1 Å². The second-order valence-electron chi connectivity index (χ2n) is 8.08. The van der Waals surface area contributed by atoms with Gasteiger partial charge in [-0.3, -0.25) is 14.2 Å². The molecule has 4 aromatic rings. The maximum absolute atomic E-state index is 12.7. The molecule has 0 radical (unpaired) electrons. The molecule has 5 nitrogen and oxygen atoms in total. The number of fused-ring (bicyclic) bond motifs is 3. The summed E-state index contributed by atoms with van der Waals surface area (Å²) in [6.07, 6.45) is 12.4. The minimum Gasteiger partial charge on any atom is -0.303 e. The topological polar surface area (TPSA) is 50.5 Å². The molecule has 1 aliphatic rings. The lowest BCUT2D eigenvalue weighted by molar-refractivity contribution is 0.0977. The van der Waals surface area contributed by atoms with E-state index < -0.39 is 0 Å². The van der Waals surface area contributed by atoms with Crippen molar-refractivity contribution >= 4 is 32.3 Å². The Morgan fingerprint density at radius 2 is 1.87 bits per heavy atom. The fraction of sp³-hybridized carbons (Fsp3) is 0.375. The van der Waals surface area contributed by atoms with Crippen LogP contribution in [-0.2, 0) is 0 Å². The van der Waals surface area contributed by atoms with Crippen LogP contribution in [-0.4, -0.2) is 44.7 Å². The summed E-state index contributed by atoms with van der Waals surface area (Å²) in [6.45, 7) is 3.59. The van der Waals surface area contributed by atoms with Crippen molar-refractivity contribution in [1.82, 2.24) is 19.3 Å². The average molecular weight is 419 g/mol. The van der Waals surface area contributed by atoms with Crippen LogP contribution in [0.1, 0.15) is 48.9 Å². The van der Waals surface area contributed by atoms with Crippen molar-refractivity contribution in [3.05, 3.63) is 54.5 Å². The highest BCUT2D eigenvalue weighted by Gasteiger charge is 2.14. The number of unbranched alkanes of at least 4 members (excludes halogenated alkanes) is 1. The molecule has 1 aromatic carbocycles. The maximum Gasteiger partial charge on any atom is 0.195 e. The number of thiazole rings is 1. The summed E-state index contributed by atoms with van der Waals surface area (Å²) in [4.78, 5) is 25.0. The monoisotopic (exact) mass is 418 g/mol. The number of piperidine rings is 1. The molecule has 3 aromatic heterocycles. The molecule has 154 valence electrons. The van der Waals surface area contributed by atoms with Gasteiger partial charge in [-0.15, -0.1) is 0 Å². The van der Waals surface area contributed by atoms with Gasteiger partial charge in [0.15, 0.2) is 10.7 Å². The van der Waals surface area contributed by atoms with E-state index in [1.54, 1.807) is 23.7 Å². The van der Waals surface area contributed by atoms with Crippen LogP contribution in [0.2, 0.25) is 0 Å². The number of benzene rings is 1. The zero-order valence-corrected chi connectivity index (χ0v) is 17.9. The third-order valence-electron chi connectivity index (χ3n) is 5.97. The summed E-state index contributed by atoms with van der Waals surface area (Å²) >= 11 is 1.63. The Bertz CT molecular complexity index is 1160. The minimum absolute atomic E-state index is 0.249. The molecule has 0 unspecified atom stereocenters. The highest BCUT2D eigenvalue weighted by molar-refractivity contribution is 7.23. The molecule has 1 aliphatic heterocycles. The molecule has 0 amide bonds. The fourth-order valence-corrected chi connectivity index (χ4v) is 5.33. The molecule has 0 atom stereocenters. The Kier molecular flexibility index (Phi) is 5.60. The minimum atomic E-state index is 0.249. The summed E-state index contributed by atoms with van der Waals surface area (Å²) in [6, 6.07) is 9.99. The molecular weight excluding hydrogens is 392 g/mol. The van der Waals surface area contributed by atoms with Crippen molar-refractivity contribution in [3.8, 4) is 11.3 Å². The average Bonchev–Trinajstić information content (AvgIpc) is 3.35. The van der Waals surface area contributed by atoms with E-state index >= 15 is 0 Å². The number of imidazole rings is 1. The molecule has 0 aliphatic carbocycles. The molecule has 0 bridgehead atoms. The molecule has 0 N–H and O–H groups in total. The molecule has 0 spiro atoms. The number of nitrogens with zero attached hydrogens (tertiary/aromatic N) is 4. The Labute approximate surface area is 180 Å². The van der Waals surface area contributed by atoms with Gasteiger partial charge >= 0.3 is 0 Å². The largest absolute Gasteiger partial charge is 0.303 e. The van der Waals surface area contributed by atoms with Crippen molar-refractivity contribution in [1.29, 1.82) is 0 Å². The van der Waals surface area contributed by atoms with Gasteiger partial charge in [-0.2, -0.15) is 0 Å². The molecule has 4 heterocycles. The lowest BCUT2D eigenvalue weighted by Crippen LogP contribution is -2.30. The van der Waals surface area contributed by atoms with E-state index in [4.69, 9.17) is 4.98 Å². The lowest BCUT2D eigenvalue weighted by Gasteiger charge is -2.26. The molecule has 0 saturated carbocycles. The standard InChI is InChI=1S/C24H26N4OS/c29-22(6-2-5-15-27-13-3-1-4-14-27)19-7-8-21-23(16-19)30-24-26-20(17-28(21)24)18-9-11-25-12-10-18/h7-12,16-17H,1-6,13-15H2. The Balaban J connectivity index is 1.26. The molecule has 1 fully saturated rings. The molecule has 6 heteroatoms. The highest BCUT2D eigenvalue weighted by Crippen LogP contribution is 2.30. The Morgan fingerprint density at radius 1 is 1.03 bits per heavy atom. The van der Waals surface area contributed by atoms with Crippen LogP contribution in [0, 0.1) is 0 Å². The molecular formula is C24H26N4OS. The first kappa shape index (κ1) is 19.4. The van der Waals surface area contributed by atoms with Crippen molar-refractivity contribution in [2.45, 2.75) is 38.5 Å². The van der Waals surface area contributed by atoms with E-state index in [1.165, 1.54) is 32.4 Å². The van der Waals surface area contributed by atoms with Gasteiger partial charge in [0.2, 0.25) is 0 Å². The molecule has 1 saturated heterocycles. The van der Waals surface area contributed by atoms with Crippen LogP contribution in [0.3, 0.4) is 0 Å². The van der Waals surface area contributed by atoms with E-state index in [0.717, 1.165) is 51.4 Å². The summed E-state index contributed by atoms with van der Waals surface area (Å²) in [5, 5.41) is 0. The van der Waals surface area contributed by atoms with Gasteiger partial charge in [-0.05, 0) is 75.6 Å². The van der Waals surface area contributed by atoms with Crippen LogP contribution in [0.15, 0.2) is 48.9 Å². The summed E-state index contributed by atoms with van der Waals surface area (Å²) < 4.78 is 3.22. The number of carbonyl (C=O) groups is 1. The van der Waals surface area contributed by atoms with Gasteiger partial charge in [-0.1, -0.05) is 17.8 Å². The van der Waals surface area contributed by atoms with Crippen LogP contribution in [0.25, 0.3) is 26.4 Å². The predicted octanol–water partition coefficient (Wildman–Crippen LogP) is 5.45.